The number of para-hydroxylation sites is 1. The zero-order valence-electron chi connectivity index (χ0n) is 29.9. The van der Waals surface area contributed by atoms with E-state index in [0.717, 1.165) is 62.5 Å². The van der Waals surface area contributed by atoms with Crippen molar-refractivity contribution in [2.75, 3.05) is 4.90 Å². The smallest absolute Gasteiger partial charge is 0.0521 e. The van der Waals surface area contributed by atoms with Crippen LogP contribution in [0, 0.1) is 6.92 Å². The summed E-state index contributed by atoms with van der Waals surface area (Å²) in [7, 11) is 0. The zero-order chi connectivity index (χ0) is 36.0. The van der Waals surface area contributed by atoms with Crippen molar-refractivity contribution in [3.8, 4) is 11.1 Å². The number of rotatable bonds is 7. The van der Waals surface area contributed by atoms with Gasteiger partial charge in [-0.15, -0.1) is 0 Å². The van der Waals surface area contributed by atoms with Crippen LogP contribution in [0.15, 0.2) is 213 Å². The quantitative estimate of drug-likeness (QED) is 0.167. The van der Waals surface area contributed by atoms with Crippen LogP contribution in [0.5, 0.6) is 0 Å². The summed E-state index contributed by atoms with van der Waals surface area (Å²) >= 11 is 0. The van der Waals surface area contributed by atoms with E-state index in [9.17, 15) is 0 Å². The molecule has 0 atom stereocenters. The fourth-order valence-electron chi connectivity index (χ4n) is 7.28. The molecule has 1 aliphatic carbocycles. The molecule has 0 amide bonds. The Hall–Kier alpha value is -6.77. The molecule has 53 heavy (non-hydrogen) atoms. The van der Waals surface area contributed by atoms with Crippen LogP contribution in [0.4, 0.5) is 17.1 Å². The third-order valence-corrected chi connectivity index (χ3v) is 9.90. The summed E-state index contributed by atoms with van der Waals surface area (Å²) in [5.74, 6) is 0. The van der Waals surface area contributed by atoms with E-state index in [0.29, 0.717) is 0 Å². The topological polar surface area (TPSA) is 16.1 Å². The number of fused-ring (bicyclic) bond motifs is 1. The second-order valence-electron chi connectivity index (χ2n) is 13.3. The maximum absolute atomic E-state index is 4.69. The van der Waals surface area contributed by atoms with Crippen LogP contribution in [-0.4, -0.2) is 4.98 Å². The minimum absolute atomic E-state index is 0.802. The highest BCUT2D eigenvalue weighted by molar-refractivity contribution is 5.88. The van der Waals surface area contributed by atoms with Crippen LogP contribution in [-0.2, 0) is 0 Å². The van der Waals surface area contributed by atoms with Crippen molar-refractivity contribution >= 4 is 33.8 Å². The van der Waals surface area contributed by atoms with Crippen LogP contribution in [0.25, 0.3) is 27.8 Å². The number of benzene rings is 6. The van der Waals surface area contributed by atoms with Crippen molar-refractivity contribution in [3.63, 3.8) is 0 Å². The molecule has 2 heteroatoms. The van der Waals surface area contributed by atoms with Crippen LogP contribution in [0.1, 0.15) is 28.7 Å². The van der Waals surface area contributed by atoms with Crippen molar-refractivity contribution in [2.24, 2.45) is 0 Å². The molecule has 8 rings (SSSR count). The first kappa shape index (κ1) is 33.4. The van der Waals surface area contributed by atoms with Gasteiger partial charge < -0.3 is 4.90 Å². The van der Waals surface area contributed by atoms with Gasteiger partial charge in [-0.1, -0.05) is 158 Å². The summed E-state index contributed by atoms with van der Waals surface area (Å²) < 4.78 is 0. The number of allylic oxidation sites excluding steroid dienone is 5. The molecule has 0 radical (unpaired) electrons. The Morgan fingerprint density at radius 3 is 1.74 bits per heavy atom. The number of aryl methyl sites for hydroxylation is 1. The van der Waals surface area contributed by atoms with Crippen molar-refractivity contribution in [3.05, 3.63) is 245 Å². The zero-order valence-corrected chi connectivity index (χ0v) is 29.9. The summed E-state index contributed by atoms with van der Waals surface area (Å²) in [6.45, 7) is 6.80. The molecule has 0 fully saturated rings. The highest BCUT2D eigenvalue weighted by Gasteiger charge is 2.15. The number of pyridine rings is 1. The normalized spacial score (nSPS) is 15.5. The van der Waals surface area contributed by atoms with Gasteiger partial charge in [0.25, 0.3) is 0 Å². The van der Waals surface area contributed by atoms with Gasteiger partial charge in [0, 0.05) is 23.8 Å². The SMILES string of the molecule is C=C1/C=C(c2ccc(-c3ccc(N(c4ccccc4)c4ccncc4C)cc3)cc2)\C=C/C/C(c2ccccc2)=c2/ccccc2=C1c1ccccc1. The van der Waals surface area contributed by atoms with E-state index in [1.807, 2.05) is 12.4 Å². The lowest BCUT2D eigenvalue weighted by Gasteiger charge is -2.26. The Morgan fingerprint density at radius 2 is 1.08 bits per heavy atom. The second-order valence-corrected chi connectivity index (χ2v) is 13.3. The standard InChI is InChI=1S/C51H40N2/c1-37-35-44(19-14-24-47(42-15-6-3-7-16-42)48-22-12-13-23-49(48)51(37)43-17-8-4-9-18-43)41-27-25-39(26-28-41)40-29-31-46(32-30-40)53(45-20-10-5-11-21-45)50-33-34-52-36-38(50)2/h3-23,25-36H,1,24H2,2H3/b19-14-,44-35+,48-47+,51-49?. The molecule has 254 valence electrons. The maximum Gasteiger partial charge on any atom is 0.0521 e. The van der Waals surface area contributed by atoms with Gasteiger partial charge in [-0.25, -0.2) is 0 Å². The summed E-state index contributed by atoms with van der Waals surface area (Å²) in [6, 6.07) is 60.4. The van der Waals surface area contributed by atoms with Gasteiger partial charge in [0.2, 0.25) is 0 Å². The van der Waals surface area contributed by atoms with E-state index >= 15 is 0 Å². The molecule has 1 aromatic heterocycles. The molecular formula is C51H40N2. The molecule has 0 aliphatic heterocycles. The summed E-state index contributed by atoms with van der Waals surface area (Å²) in [5, 5.41) is 2.43. The van der Waals surface area contributed by atoms with Gasteiger partial charge in [0.1, 0.15) is 0 Å². The molecule has 1 heterocycles. The maximum atomic E-state index is 4.69. The Labute approximate surface area is 312 Å². The number of aromatic nitrogens is 1. The van der Waals surface area contributed by atoms with E-state index in [1.54, 1.807) is 0 Å². The molecule has 7 aromatic rings. The van der Waals surface area contributed by atoms with Crippen LogP contribution in [0.3, 0.4) is 0 Å². The van der Waals surface area contributed by atoms with E-state index in [4.69, 9.17) is 6.58 Å². The van der Waals surface area contributed by atoms with Gasteiger partial charge in [-0.05, 0) is 116 Å². The summed E-state index contributed by atoms with van der Waals surface area (Å²) in [4.78, 5) is 6.62. The number of hydrogen-bond donors (Lipinski definition) is 0. The highest BCUT2D eigenvalue weighted by atomic mass is 15.1. The van der Waals surface area contributed by atoms with Crippen LogP contribution < -0.4 is 15.3 Å². The Morgan fingerprint density at radius 1 is 0.528 bits per heavy atom. The molecule has 0 saturated carbocycles. The highest BCUT2D eigenvalue weighted by Crippen LogP contribution is 2.37. The van der Waals surface area contributed by atoms with Crippen LogP contribution >= 0.6 is 0 Å². The average molecular weight is 681 g/mol. The minimum Gasteiger partial charge on any atom is -0.310 e. The van der Waals surface area contributed by atoms with E-state index in [1.165, 1.54) is 27.1 Å². The number of hydrogen-bond acceptors (Lipinski definition) is 2. The molecule has 1 aliphatic rings. The predicted molar refractivity (Wildman–Crippen MR) is 224 cm³/mol. The Kier molecular flexibility index (Phi) is 9.59. The Bertz CT molecular complexity index is 2560. The van der Waals surface area contributed by atoms with E-state index in [2.05, 4.69) is 205 Å². The van der Waals surface area contributed by atoms with Crippen molar-refractivity contribution in [1.82, 2.24) is 4.98 Å². The molecule has 0 bridgehead atoms. The van der Waals surface area contributed by atoms with Gasteiger partial charge in [0.05, 0.1) is 5.69 Å². The number of nitrogens with zero attached hydrogens (tertiary/aromatic N) is 2. The number of anilines is 3. The van der Waals surface area contributed by atoms with E-state index < -0.39 is 0 Å². The Balaban J connectivity index is 1.16. The van der Waals surface area contributed by atoms with Gasteiger partial charge in [0.15, 0.2) is 0 Å². The van der Waals surface area contributed by atoms with Gasteiger partial charge >= 0.3 is 0 Å². The van der Waals surface area contributed by atoms with Crippen molar-refractivity contribution in [1.29, 1.82) is 0 Å². The fraction of sp³-hybridized carbons (Fsp3) is 0.0392. The van der Waals surface area contributed by atoms with Crippen molar-refractivity contribution < 1.29 is 0 Å². The predicted octanol–water partition coefficient (Wildman–Crippen LogP) is 11.5. The van der Waals surface area contributed by atoms with Gasteiger partial charge in [-0.2, -0.15) is 0 Å². The lowest BCUT2D eigenvalue weighted by Crippen LogP contribution is -2.30. The van der Waals surface area contributed by atoms with Crippen molar-refractivity contribution in [2.45, 2.75) is 13.3 Å². The minimum atomic E-state index is 0.802. The largest absolute Gasteiger partial charge is 0.310 e. The molecule has 0 saturated heterocycles. The lowest BCUT2D eigenvalue weighted by atomic mass is 9.89. The second kappa shape index (κ2) is 15.2. The lowest BCUT2D eigenvalue weighted by molar-refractivity contribution is 1.20. The van der Waals surface area contributed by atoms with Crippen LogP contribution in [0.2, 0.25) is 0 Å². The summed E-state index contributed by atoms with van der Waals surface area (Å²) in [5.41, 5.74) is 14.8. The first-order chi connectivity index (χ1) is 26.1. The monoisotopic (exact) mass is 680 g/mol. The first-order valence-electron chi connectivity index (χ1n) is 18.1. The molecular weight excluding hydrogens is 641 g/mol. The van der Waals surface area contributed by atoms with Gasteiger partial charge in [-0.3, -0.25) is 4.98 Å². The third kappa shape index (κ3) is 7.08. The molecule has 6 aromatic carbocycles. The average Bonchev–Trinajstić information content (AvgIpc) is 3.22. The molecule has 0 spiro atoms. The molecule has 0 unspecified atom stereocenters. The first-order valence-corrected chi connectivity index (χ1v) is 18.1. The molecule has 2 nitrogen and oxygen atoms in total. The fourth-order valence-corrected chi connectivity index (χ4v) is 7.28. The summed E-state index contributed by atoms with van der Waals surface area (Å²) in [6.07, 6.45) is 11.4. The third-order valence-electron chi connectivity index (χ3n) is 9.90. The van der Waals surface area contributed by atoms with E-state index in [-0.39, 0.29) is 0 Å². The molecule has 0 N–H and O–H groups in total.